The van der Waals surface area contributed by atoms with Crippen LogP contribution in [0.1, 0.15) is 22.4 Å². The second kappa shape index (κ2) is 9.11. The van der Waals surface area contributed by atoms with Crippen LogP contribution >= 0.6 is 0 Å². The molecule has 0 aliphatic carbocycles. The summed E-state index contributed by atoms with van der Waals surface area (Å²) in [6.45, 7) is 1.29. The highest BCUT2D eigenvalue weighted by atomic mass is 16.5. The van der Waals surface area contributed by atoms with Crippen molar-refractivity contribution in [3.63, 3.8) is 0 Å². The van der Waals surface area contributed by atoms with Crippen molar-refractivity contribution in [1.82, 2.24) is 4.98 Å². The number of aromatic nitrogens is 1. The number of oxazole rings is 1. The number of anilines is 1. The molecule has 0 bridgehead atoms. The summed E-state index contributed by atoms with van der Waals surface area (Å²) >= 11 is 0. The molecule has 0 aliphatic rings. The first-order chi connectivity index (χ1) is 14.3. The first-order valence-corrected chi connectivity index (χ1v) is 9.72. The van der Waals surface area contributed by atoms with E-state index in [4.69, 9.17) is 9.15 Å². The molecule has 0 saturated carbocycles. The summed E-state index contributed by atoms with van der Waals surface area (Å²) in [6.07, 6.45) is 2.39. The van der Waals surface area contributed by atoms with Gasteiger partial charge < -0.3 is 14.1 Å². The van der Waals surface area contributed by atoms with E-state index < -0.39 is 0 Å². The summed E-state index contributed by atoms with van der Waals surface area (Å²) < 4.78 is 11.8. The highest BCUT2D eigenvalue weighted by Gasteiger charge is 2.12. The SMILES string of the molecule is CN(Cc1ccccc1)c1nc(Cc2ccccc2OCc2ccccc2)co1. The molecule has 3 aromatic carbocycles. The molecule has 4 aromatic rings. The van der Waals surface area contributed by atoms with Crippen LogP contribution < -0.4 is 9.64 Å². The number of rotatable bonds is 8. The third-order valence-electron chi connectivity index (χ3n) is 4.71. The summed E-state index contributed by atoms with van der Waals surface area (Å²) in [7, 11) is 1.99. The topological polar surface area (TPSA) is 38.5 Å². The summed E-state index contributed by atoms with van der Waals surface area (Å²) in [5, 5.41) is 0. The lowest BCUT2D eigenvalue weighted by Gasteiger charge is -2.14. The van der Waals surface area contributed by atoms with Crippen LogP contribution in [-0.2, 0) is 19.6 Å². The van der Waals surface area contributed by atoms with E-state index in [1.165, 1.54) is 5.56 Å². The Morgan fingerprint density at radius 3 is 2.24 bits per heavy atom. The van der Waals surface area contributed by atoms with Crippen LogP contribution in [0.2, 0.25) is 0 Å². The van der Waals surface area contributed by atoms with Crippen molar-refractivity contribution in [3.8, 4) is 5.75 Å². The molecule has 0 amide bonds. The Morgan fingerprint density at radius 2 is 1.48 bits per heavy atom. The lowest BCUT2D eigenvalue weighted by atomic mass is 10.1. The van der Waals surface area contributed by atoms with Gasteiger partial charge in [-0.25, -0.2) is 0 Å². The molecule has 0 spiro atoms. The molecule has 29 heavy (non-hydrogen) atoms. The van der Waals surface area contributed by atoms with Gasteiger partial charge in [-0.1, -0.05) is 78.9 Å². The van der Waals surface area contributed by atoms with Gasteiger partial charge in [0.2, 0.25) is 0 Å². The van der Waals surface area contributed by atoms with Crippen LogP contribution in [0.4, 0.5) is 6.01 Å². The van der Waals surface area contributed by atoms with Gasteiger partial charge >= 0.3 is 0 Å². The maximum absolute atomic E-state index is 6.06. The maximum atomic E-state index is 6.06. The third-order valence-corrected chi connectivity index (χ3v) is 4.71. The van der Waals surface area contributed by atoms with Gasteiger partial charge in [0.15, 0.2) is 0 Å². The second-order valence-corrected chi connectivity index (χ2v) is 7.02. The predicted octanol–water partition coefficient (Wildman–Crippen LogP) is 5.48. The van der Waals surface area contributed by atoms with Gasteiger partial charge in [-0.2, -0.15) is 4.98 Å². The molecule has 4 rings (SSSR count). The highest BCUT2D eigenvalue weighted by molar-refractivity contribution is 5.37. The number of hydrogen-bond acceptors (Lipinski definition) is 4. The number of nitrogens with zero attached hydrogens (tertiary/aromatic N) is 2. The molecule has 0 fully saturated rings. The normalized spacial score (nSPS) is 10.7. The van der Waals surface area contributed by atoms with E-state index in [-0.39, 0.29) is 0 Å². The van der Waals surface area contributed by atoms with Crippen molar-refractivity contribution < 1.29 is 9.15 Å². The van der Waals surface area contributed by atoms with Gasteiger partial charge in [-0.05, 0) is 17.2 Å². The minimum Gasteiger partial charge on any atom is -0.489 e. The lowest BCUT2D eigenvalue weighted by molar-refractivity contribution is 0.303. The molecule has 4 nitrogen and oxygen atoms in total. The molecule has 1 aromatic heterocycles. The molecular formula is C25H24N2O2. The van der Waals surface area contributed by atoms with Gasteiger partial charge in [0.05, 0.1) is 5.69 Å². The first kappa shape index (κ1) is 18.8. The minimum absolute atomic E-state index is 0.543. The molecular weight excluding hydrogens is 360 g/mol. The van der Waals surface area contributed by atoms with Gasteiger partial charge in [-0.15, -0.1) is 0 Å². The molecule has 0 atom stereocenters. The predicted molar refractivity (Wildman–Crippen MR) is 115 cm³/mol. The van der Waals surface area contributed by atoms with E-state index in [0.29, 0.717) is 19.0 Å². The Hall–Kier alpha value is -3.53. The Bertz CT molecular complexity index is 1030. The zero-order chi connectivity index (χ0) is 19.9. The van der Waals surface area contributed by atoms with Gasteiger partial charge in [0, 0.05) is 25.6 Å². The number of para-hydroxylation sites is 1. The first-order valence-electron chi connectivity index (χ1n) is 9.72. The fraction of sp³-hybridized carbons (Fsp3) is 0.160. The monoisotopic (exact) mass is 384 g/mol. The summed E-state index contributed by atoms with van der Waals surface area (Å²) in [6, 6.07) is 29.2. The number of ether oxygens (including phenoxy) is 1. The fourth-order valence-electron chi connectivity index (χ4n) is 3.20. The average molecular weight is 384 g/mol. The molecule has 0 aliphatic heterocycles. The third kappa shape index (κ3) is 5.05. The van der Waals surface area contributed by atoms with Gasteiger partial charge in [0.1, 0.15) is 18.6 Å². The highest BCUT2D eigenvalue weighted by Crippen LogP contribution is 2.24. The second-order valence-electron chi connectivity index (χ2n) is 7.02. The Morgan fingerprint density at radius 1 is 0.828 bits per heavy atom. The Kier molecular flexibility index (Phi) is 5.91. The van der Waals surface area contributed by atoms with Gasteiger partial charge in [0.25, 0.3) is 6.01 Å². The molecule has 0 N–H and O–H groups in total. The smallest absolute Gasteiger partial charge is 0.297 e. The molecule has 0 unspecified atom stereocenters. The largest absolute Gasteiger partial charge is 0.489 e. The lowest BCUT2D eigenvalue weighted by Crippen LogP contribution is -2.16. The van der Waals surface area contributed by atoms with E-state index >= 15 is 0 Å². The van der Waals surface area contributed by atoms with Crippen LogP contribution in [0.25, 0.3) is 0 Å². The molecule has 1 heterocycles. The fourth-order valence-corrected chi connectivity index (χ4v) is 3.20. The number of hydrogen-bond donors (Lipinski definition) is 0. The van der Waals surface area contributed by atoms with Crippen LogP contribution in [0.3, 0.4) is 0 Å². The van der Waals surface area contributed by atoms with Crippen LogP contribution in [0.15, 0.2) is 95.6 Å². The van der Waals surface area contributed by atoms with Crippen molar-refractivity contribution in [1.29, 1.82) is 0 Å². The zero-order valence-electron chi connectivity index (χ0n) is 16.5. The van der Waals surface area contributed by atoms with Gasteiger partial charge in [-0.3, -0.25) is 0 Å². The van der Waals surface area contributed by atoms with Crippen LogP contribution in [-0.4, -0.2) is 12.0 Å². The van der Waals surface area contributed by atoms with Crippen molar-refractivity contribution >= 4 is 6.01 Å². The number of benzene rings is 3. The zero-order valence-corrected chi connectivity index (χ0v) is 16.5. The quantitative estimate of drug-likeness (QED) is 0.403. The van der Waals surface area contributed by atoms with Crippen molar-refractivity contribution in [2.24, 2.45) is 0 Å². The average Bonchev–Trinajstić information content (AvgIpc) is 3.23. The molecule has 0 radical (unpaired) electrons. The van der Waals surface area contributed by atoms with Crippen molar-refractivity contribution in [3.05, 3.63) is 114 Å². The summed E-state index contributed by atoms with van der Waals surface area (Å²) in [5.74, 6) is 0.874. The van der Waals surface area contributed by atoms with Crippen LogP contribution in [0.5, 0.6) is 5.75 Å². The standard InChI is InChI=1S/C25H24N2O2/c1-27(17-20-10-4-2-5-11-20)25-26-23(19-29-25)16-22-14-8-9-15-24(22)28-18-21-12-6-3-7-13-21/h2-15,19H,16-18H2,1H3. The summed E-state index contributed by atoms with van der Waals surface area (Å²) in [4.78, 5) is 6.68. The maximum Gasteiger partial charge on any atom is 0.297 e. The van der Waals surface area contributed by atoms with E-state index in [2.05, 4.69) is 35.3 Å². The Balaban J connectivity index is 1.42. The van der Waals surface area contributed by atoms with Crippen molar-refractivity contribution in [2.75, 3.05) is 11.9 Å². The van der Waals surface area contributed by atoms with Crippen molar-refractivity contribution in [2.45, 2.75) is 19.6 Å². The molecule has 0 saturated heterocycles. The molecule has 4 heteroatoms. The van der Waals surface area contributed by atoms with E-state index in [1.54, 1.807) is 6.26 Å². The van der Waals surface area contributed by atoms with Crippen LogP contribution in [0, 0.1) is 0 Å². The summed E-state index contributed by atoms with van der Waals surface area (Å²) in [5.41, 5.74) is 4.34. The van der Waals surface area contributed by atoms with E-state index in [0.717, 1.165) is 29.1 Å². The van der Waals surface area contributed by atoms with E-state index in [1.807, 2.05) is 66.5 Å². The minimum atomic E-state index is 0.543. The van der Waals surface area contributed by atoms with E-state index in [9.17, 15) is 0 Å². The Labute approximate surface area is 171 Å². The molecule has 146 valence electrons.